The highest BCUT2D eigenvalue weighted by Crippen LogP contribution is 2.36. The lowest BCUT2D eigenvalue weighted by Crippen LogP contribution is -2.14. The maximum atomic E-state index is 13.0. The molecule has 0 radical (unpaired) electrons. The van der Waals surface area contributed by atoms with Crippen LogP contribution in [0.2, 0.25) is 0 Å². The summed E-state index contributed by atoms with van der Waals surface area (Å²) in [6.07, 6.45) is 0. The van der Waals surface area contributed by atoms with Crippen LogP contribution in [0.4, 0.5) is 15.8 Å². The first-order valence-corrected chi connectivity index (χ1v) is 9.41. The van der Waals surface area contributed by atoms with Crippen LogP contribution in [-0.2, 0) is 10.0 Å². The molecule has 6 nitrogen and oxygen atoms in total. The van der Waals surface area contributed by atoms with Gasteiger partial charge in [-0.25, -0.2) is 12.8 Å². The minimum absolute atomic E-state index is 0.0908. The number of hydrogen-bond acceptors (Lipinski definition) is 4. The number of fused-ring (bicyclic) bond motifs is 2. The Hall–Kier alpha value is -3.39. The van der Waals surface area contributed by atoms with Crippen molar-refractivity contribution in [1.82, 2.24) is 0 Å². The number of halogens is 1. The molecule has 1 aliphatic heterocycles. The first kappa shape index (κ1) is 17.0. The first-order valence-electron chi connectivity index (χ1n) is 7.93. The number of hydrogen-bond donors (Lipinski definition) is 2. The second kappa shape index (κ2) is 6.40. The minimum Gasteiger partial charge on any atom is -0.454 e. The van der Waals surface area contributed by atoms with E-state index in [2.05, 4.69) is 10.0 Å². The molecule has 0 bridgehead atoms. The molecule has 27 heavy (non-hydrogen) atoms. The highest BCUT2D eigenvalue weighted by Gasteiger charge is 2.22. The number of benzene rings is 3. The molecule has 0 spiro atoms. The monoisotopic (exact) mass is 384 g/mol. The molecule has 0 atom stereocenters. The minimum atomic E-state index is -3.93. The molecule has 1 heterocycles. The Kier molecular flexibility index (Phi) is 4.04. The Balaban J connectivity index is 1.66. The number of carbonyl (C=O) groups is 1. The Morgan fingerprint density at radius 2 is 1.67 bits per heavy atom. The van der Waals surface area contributed by atoms with Crippen LogP contribution in [0.3, 0.4) is 0 Å². The van der Waals surface area contributed by atoms with E-state index in [1.165, 1.54) is 18.2 Å². The lowest BCUT2D eigenvalue weighted by atomic mass is 10.1. The Labute approximate surface area is 154 Å². The van der Waals surface area contributed by atoms with E-state index in [9.17, 15) is 17.6 Å². The van der Waals surface area contributed by atoms with Gasteiger partial charge in [0, 0.05) is 5.69 Å². The van der Waals surface area contributed by atoms with Crippen LogP contribution in [-0.4, -0.2) is 14.3 Å². The van der Waals surface area contributed by atoms with E-state index in [4.69, 9.17) is 4.74 Å². The molecule has 4 rings (SSSR count). The molecule has 2 N–H and O–H groups in total. The first-order chi connectivity index (χ1) is 12.9. The van der Waals surface area contributed by atoms with E-state index < -0.39 is 21.7 Å². The van der Waals surface area contributed by atoms with Crippen molar-refractivity contribution in [2.75, 3.05) is 10.0 Å². The molecule has 3 aromatic rings. The van der Waals surface area contributed by atoms with Gasteiger partial charge in [0.05, 0.1) is 16.1 Å². The summed E-state index contributed by atoms with van der Waals surface area (Å²) in [5.74, 6) is -0.156. The predicted octanol–water partition coefficient (Wildman–Crippen LogP) is 3.98. The fraction of sp³-hybridized carbons (Fsp3) is 0. The Morgan fingerprint density at radius 3 is 2.44 bits per heavy atom. The summed E-state index contributed by atoms with van der Waals surface area (Å²) in [4.78, 5) is 12.4. The number of anilines is 2. The molecule has 1 amide bonds. The number of ether oxygens (including phenoxy) is 1. The molecule has 3 aromatic carbocycles. The van der Waals surface area contributed by atoms with Crippen molar-refractivity contribution < 1.29 is 22.3 Å². The molecule has 0 unspecified atom stereocenters. The molecule has 0 saturated heterocycles. The van der Waals surface area contributed by atoms with Gasteiger partial charge >= 0.3 is 0 Å². The normalized spacial score (nSPS) is 12.9. The van der Waals surface area contributed by atoms with Crippen molar-refractivity contribution in [3.05, 3.63) is 78.1 Å². The van der Waals surface area contributed by atoms with Gasteiger partial charge < -0.3 is 10.1 Å². The van der Waals surface area contributed by atoms with E-state index in [0.29, 0.717) is 17.2 Å². The number of carbonyl (C=O) groups excluding carboxylic acids is 1. The summed E-state index contributed by atoms with van der Waals surface area (Å²) in [5, 5.41) is 2.72. The van der Waals surface area contributed by atoms with E-state index in [-0.39, 0.29) is 16.1 Å². The molecule has 1 aliphatic rings. The van der Waals surface area contributed by atoms with Crippen LogP contribution in [0.25, 0.3) is 0 Å². The summed E-state index contributed by atoms with van der Waals surface area (Å²) >= 11 is 0. The zero-order valence-electron chi connectivity index (χ0n) is 13.8. The average molecular weight is 384 g/mol. The molecule has 8 heteroatoms. The number of nitrogens with one attached hydrogen (secondary N) is 2. The highest BCUT2D eigenvalue weighted by atomic mass is 32.2. The summed E-state index contributed by atoms with van der Waals surface area (Å²) < 4.78 is 46.0. The van der Waals surface area contributed by atoms with Crippen LogP contribution in [0.15, 0.2) is 71.6 Å². The molecule has 136 valence electrons. The fourth-order valence-electron chi connectivity index (χ4n) is 2.65. The van der Waals surface area contributed by atoms with Crippen molar-refractivity contribution in [3.63, 3.8) is 0 Å². The topological polar surface area (TPSA) is 84.5 Å². The third kappa shape index (κ3) is 3.34. The summed E-state index contributed by atoms with van der Waals surface area (Å²) in [7, 11) is -3.93. The van der Waals surface area contributed by atoms with Gasteiger partial charge in [-0.3, -0.25) is 9.52 Å². The maximum absolute atomic E-state index is 13.0. The number of rotatable bonds is 3. The van der Waals surface area contributed by atoms with Gasteiger partial charge in [-0.1, -0.05) is 12.1 Å². The van der Waals surface area contributed by atoms with Crippen molar-refractivity contribution in [2.24, 2.45) is 0 Å². The van der Waals surface area contributed by atoms with Crippen LogP contribution in [0.5, 0.6) is 11.5 Å². The van der Waals surface area contributed by atoms with Crippen molar-refractivity contribution in [1.29, 1.82) is 0 Å². The average Bonchev–Trinajstić information content (AvgIpc) is 2.78. The van der Waals surface area contributed by atoms with Gasteiger partial charge in [-0.05, 0) is 54.6 Å². The standard InChI is InChI=1S/C19H13FN2O4S/c20-12-5-8-14(9-6-12)27(24,25)22-13-7-10-17-15(11-13)19(23)21-16-3-1-2-4-18(16)26-17/h1-11,22H,(H,21,23). The third-order valence-electron chi connectivity index (χ3n) is 3.96. The quantitative estimate of drug-likeness (QED) is 0.715. The summed E-state index contributed by atoms with van der Waals surface area (Å²) in [6.45, 7) is 0. The number of para-hydroxylation sites is 2. The van der Waals surface area contributed by atoms with E-state index in [1.54, 1.807) is 24.3 Å². The molecular weight excluding hydrogens is 371 g/mol. The number of sulfonamides is 1. The third-order valence-corrected chi connectivity index (χ3v) is 5.35. The van der Waals surface area contributed by atoms with Crippen LogP contribution < -0.4 is 14.8 Å². The van der Waals surface area contributed by atoms with Crippen LogP contribution in [0, 0.1) is 5.82 Å². The second-order valence-electron chi connectivity index (χ2n) is 5.82. The fourth-order valence-corrected chi connectivity index (χ4v) is 3.70. The van der Waals surface area contributed by atoms with E-state index in [1.807, 2.05) is 0 Å². The zero-order chi connectivity index (χ0) is 19.0. The Morgan fingerprint density at radius 1 is 0.926 bits per heavy atom. The maximum Gasteiger partial charge on any atom is 0.261 e. The van der Waals surface area contributed by atoms with Gasteiger partial charge in [0.15, 0.2) is 5.75 Å². The molecule has 0 aromatic heterocycles. The van der Waals surface area contributed by atoms with Crippen molar-refractivity contribution in [3.8, 4) is 11.5 Å². The van der Waals surface area contributed by atoms with Gasteiger partial charge in [-0.2, -0.15) is 0 Å². The molecule has 0 saturated carbocycles. The van der Waals surface area contributed by atoms with Crippen molar-refractivity contribution in [2.45, 2.75) is 4.90 Å². The van der Waals surface area contributed by atoms with Gasteiger partial charge in [-0.15, -0.1) is 0 Å². The summed E-state index contributed by atoms with van der Waals surface area (Å²) in [6, 6.07) is 15.8. The van der Waals surface area contributed by atoms with E-state index >= 15 is 0 Å². The lowest BCUT2D eigenvalue weighted by Gasteiger charge is -2.11. The van der Waals surface area contributed by atoms with Gasteiger partial charge in [0.1, 0.15) is 11.6 Å². The predicted molar refractivity (Wildman–Crippen MR) is 98.1 cm³/mol. The van der Waals surface area contributed by atoms with Crippen LogP contribution in [0.1, 0.15) is 10.4 Å². The summed E-state index contributed by atoms with van der Waals surface area (Å²) in [5.41, 5.74) is 0.889. The van der Waals surface area contributed by atoms with Gasteiger partial charge in [0.2, 0.25) is 0 Å². The second-order valence-corrected chi connectivity index (χ2v) is 7.51. The Bertz CT molecular complexity index is 1140. The number of amides is 1. The molecule has 0 aliphatic carbocycles. The zero-order valence-corrected chi connectivity index (χ0v) is 14.6. The van der Waals surface area contributed by atoms with E-state index in [0.717, 1.165) is 24.3 Å². The lowest BCUT2D eigenvalue weighted by molar-refractivity contribution is 0.102. The smallest absolute Gasteiger partial charge is 0.261 e. The molecular formula is C19H13FN2O4S. The highest BCUT2D eigenvalue weighted by molar-refractivity contribution is 7.92. The van der Waals surface area contributed by atoms with Gasteiger partial charge in [0.25, 0.3) is 15.9 Å². The van der Waals surface area contributed by atoms with Crippen LogP contribution >= 0.6 is 0 Å². The largest absolute Gasteiger partial charge is 0.454 e. The molecule has 0 fully saturated rings. The van der Waals surface area contributed by atoms with Crippen molar-refractivity contribution >= 4 is 27.3 Å². The SMILES string of the molecule is O=C1Nc2ccccc2Oc2ccc(NS(=O)(=O)c3ccc(F)cc3)cc21.